The molecule has 0 aliphatic carbocycles. The zero-order chi connectivity index (χ0) is 13.3. The Labute approximate surface area is 116 Å². The molecule has 0 radical (unpaired) electrons. The number of aromatic nitrogens is 1. The number of anilines is 1. The van der Waals surface area contributed by atoms with E-state index in [0.717, 1.165) is 38.2 Å². The lowest BCUT2D eigenvalue weighted by molar-refractivity contribution is 0.724. The first-order valence-corrected chi connectivity index (χ1v) is 7.29. The van der Waals surface area contributed by atoms with E-state index < -0.39 is 0 Å². The minimum absolute atomic E-state index is 0.981. The largest absolute Gasteiger partial charge is 0.369 e. The van der Waals surface area contributed by atoms with Gasteiger partial charge in [0.15, 0.2) is 0 Å². The predicted octanol–water partition coefficient (Wildman–Crippen LogP) is 2.42. The summed E-state index contributed by atoms with van der Waals surface area (Å²) in [7, 11) is 0. The highest BCUT2D eigenvalue weighted by atomic mass is 15.2. The molecule has 0 unspecified atom stereocenters. The Morgan fingerprint density at radius 3 is 3.16 bits per heavy atom. The number of pyridine rings is 1. The smallest absolute Gasteiger partial charge is 0.0565 e. The van der Waals surface area contributed by atoms with Crippen LogP contribution in [0.2, 0.25) is 0 Å². The van der Waals surface area contributed by atoms with Crippen LogP contribution >= 0.6 is 0 Å². The summed E-state index contributed by atoms with van der Waals surface area (Å²) in [4.78, 5) is 6.72. The number of rotatable bonds is 3. The molecule has 0 atom stereocenters. The van der Waals surface area contributed by atoms with Gasteiger partial charge < -0.3 is 10.2 Å². The normalized spacial score (nSPS) is 15.5. The maximum Gasteiger partial charge on any atom is 0.0565 e. The van der Waals surface area contributed by atoms with Crippen LogP contribution in [0.25, 0.3) is 0 Å². The zero-order valence-electron chi connectivity index (χ0n) is 11.8. The van der Waals surface area contributed by atoms with E-state index in [1.807, 2.05) is 12.4 Å². The quantitative estimate of drug-likeness (QED) is 0.666. The molecule has 0 aromatic carbocycles. The van der Waals surface area contributed by atoms with Crippen LogP contribution in [-0.4, -0.2) is 31.2 Å². The first kappa shape index (κ1) is 13.9. The zero-order valence-corrected chi connectivity index (χ0v) is 11.8. The number of hydrogen-bond donors (Lipinski definition) is 1. The summed E-state index contributed by atoms with van der Waals surface area (Å²) >= 11 is 0. The summed E-state index contributed by atoms with van der Waals surface area (Å²) in [6.07, 6.45) is 8.35. The topological polar surface area (TPSA) is 28.2 Å². The molecule has 1 N–H and O–H groups in total. The molecule has 1 aliphatic heterocycles. The van der Waals surface area contributed by atoms with Crippen LogP contribution in [0.5, 0.6) is 0 Å². The average Bonchev–Trinajstić information content (AvgIpc) is 2.73. The highest BCUT2D eigenvalue weighted by Gasteiger charge is 2.09. The van der Waals surface area contributed by atoms with Gasteiger partial charge >= 0.3 is 0 Å². The predicted molar refractivity (Wildman–Crippen MR) is 80.3 cm³/mol. The minimum Gasteiger partial charge on any atom is -0.369 e. The maximum atomic E-state index is 4.32. The molecule has 2 heterocycles. The summed E-state index contributed by atoms with van der Waals surface area (Å²) in [6.45, 7) is 6.50. The lowest BCUT2D eigenvalue weighted by Crippen LogP contribution is -2.27. The van der Waals surface area contributed by atoms with Gasteiger partial charge in [-0.15, -0.1) is 0 Å². The van der Waals surface area contributed by atoms with Crippen LogP contribution in [0.4, 0.5) is 5.69 Å². The fraction of sp³-hybridized carbons (Fsp3) is 0.562. The van der Waals surface area contributed by atoms with Crippen molar-refractivity contribution in [2.45, 2.75) is 32.6 Å². The second-order valence-corrected chi connectivity index (χ2v) is 4.93. The van der Waals surface area contributed by atoms with Gasteiger partial charge in [-0.2, -0.15) is 0 Å². The van der Waals surface area contributed by atoms with Crippen LogP contribution in [0, 0.1) is 11.8 Å². The Hall–Kier alpha value is -1.53. The van der Waals surface area contributed by atoms with E-state index in [4.69, 9.17) is 0 Å². The molecule has 19 heavy (non-hydrogen) atoms. The maximum absolute atomic E-state index is 4.32. The van der Waals surface area contributed by atoms with Crippen LogP contribution in [0.1, 0.15) is 38.2 Å². The second-order valence-electron chi connectivity index (χ2n) is 4.93. The molecule has 2 rings (SSSR count). The SMILES string of the molecule is CCCCC#Cc1cncc(N2CCCNCC2)c1. The van der Waals surface area contributed by atoms with E-state index in [2.05, 4.69) is 40.0 Å². The van der Waals surface area contributed by atoms with Crippen molar-refractivity contribution in [2.75, 3.05) is 31.1 Å². The molecule has 3 heteroatoms. The van der Waals surface area contributed by atoms with E-state index in [1.165, 1.54) is 24.9 Å². The Morgan fingerprint density at radius 2 is 2.26 bits per heavy atom. The van der Waals surface area contributed by atoms with Crippen LogP contribution < -0.4 is 10.2 Å². The van der Waals surface area contributed by atoms with Gasteiger partial charge in [0, 0.05) is 37.8 Å². The van der Waals surface area contributed by atoms with Crippen molar-refractivity contribution in [1.29, 1.82) is 0 Å². The summed E-state index contributed by atoms with van der Waals surface area (Å²) in [5, 5.41) is 3.42. The molecule has 1 saturated heterocycles. The fourth-order valence-corrected chi connectivity index (χ4v) is 2.20. The standard InChI is InChI=1S/C16H23N3/c1-2-3-4-5-7-15-12-16(14-18-13-15)19-10-6-8-17-9-11-19/h12-14,17H,2-4,6,8-11H2,1H3. The molecular formula is C16H23N3. The molecule has 0 bridgehead atoms. The molecule has 1 fully saturated rings. The summed E-state index contributed by atoms with van der Waals surface area (Å²) in [5.74, 6) is 6.44. The van der Waals surface area contributed by atoms with Crippen molar-refractivity contribution < 1.29 is 0 Å². The van der Waals surface area contributed by atoms with Crippen molar-refractivity contribution in [3.8, 4) is 11.8 Å². The van der Waals surface area contributed by atoms with E-state index in [9.17, 15) is 0 Å². The lowest BCUT2D eigenvalue weighted by atomic mass is 10.2. The number of nitrogens with zero attached hydrogens (tertiary/aromatic N) is 2. The van der Waals surface area contributed by atoms with Gasteiger partial charge in [0.2, 0.25) is 0 Å². The van der Waals surface area contributed by atoms with Crippen molar-refractivity contribution in [3.63, 3.8) is 0 Å². The number of nitrogens with one attached hydrogen (secondary N) is 1. The molecule has 3 nitrogen and oxygen atoms in total. The Kier molecular flexibility index (Phi) is 5.71. The van der Waals surface area contributed by atoms with Crippen molar-refractivity contribution >= 4 is 5.69 Å². The van der Waals surface area contributed by atoms with Crippen LogP contribution in [0.3, 0.4) is 0 Å². The molecule has 1 aliphatic rings. The second kappa shape index (κ2) is 7.81. The number of unbranched alkanes of at least 4 members (excludes halogenated alkanes) is 2. The molecular weight excluding hydrogens is 234 g/mol. The van der Waals surface area contributed by atoms with Gasteiger partial charge in [0.1, 0.15) is 0 Å². The summed E-state index contributed by atoms with van der Waals surface area (Å²) in [6, 6.07) is 2.16. The van der Waals surface area contributed by atoms with Gasteiger partial charge in [0.05, 0.1) is 11.9 Å². The molecule has 0 saturated carbocycles. The van der Waals surface area contributed by atoms with Crippen molar-refractivity contribution in [2.24, 2.45) is 0 Å². The van der Waals surface area contributed by atoms with Gasteiger partial charge in [-0.1, -0.05) is 25.2 Å². The van der Waals surface area contributed by atoms with Crippen molar-refractivity contribution in [1.82, 2.24) is 10.3 Å². The van der Waals surface area contributed by atoms with E-state index in [0.29, 0.717) is 0 Å². The fourth-order valence-electron chi connectivity index (χ4n) is 2.20. The Bertz CT molecular complexity index is 437. The Balaban J connectivity index is 2.02. The first-order valence-electron chi connectivity index (χ1n) is 7.29. The molecule has 0 spiro atoms. The van der Waals surface area contributed by atoms with E-state index >= 15 is 0 Å². The first-order chi connectivity index (χ1) is 9.40. The third-order valence-corrected chi connectivity index (χ3v) is 3.32. The molecule has 1 aromatic heterocycles. The van der Waals surface area contributed by atoms with Gasteiger partial charge in [0.25, 0.3) is 0 Å². The van der Waals surface area contributed by atoms with Crippen molar-refractivity contribution in [3.05, 3.63) is 24.0 Å². The molecule has 102 valence electrons. The summed E-state index contributed by atoms with van der Waals surface area (Å²) in [5.41, 5.74) is 2.23. The number of hydrogen-bond acceptors (Lipinski definition) is 3. The summed E-state index contributed by atoms with van der Waals surface area (Å²) < 4.78 is 0. The van der Waals surface area contributed by atoms with Gasteiger partial charge in [-0.25, -0.2) is 0 Å². The molecule has 0 amide bonds. The lowest BCUT2D eigenvalue weighted by Gasteiger charge is -2.21. The molecule has 1 aromatic rings. The van der Waals surface area contributed by atoms with Gasteiger partial charge in [-0.05, 0) is 25.5 Å². The average molecular weight is 257 g/mol. The van der Waals surface area contributed by atoms with Crippen LogP contribution in [-0.2, 0) is 0 Å². The highest BCUT2D eigenvalue weighted by molar-refractivity contribution is 5.50. The third kappa shape index (κ3) is 4.57. The van der Waals surface area contributed by atoms with Crippen LogP contribution in [0.15, 0.2) is 18.5 Å². The van der Waals surface area contributed by atoms with E-state index in [1.54, 1.807) is 0 Å². The third-order valence-electron chi connectivity index (χ3n) is 3.32. The van der Waals surface area contributed by atoms with E-state index in [-0.39, 0.29) is 0 Å². The minimum atomic E-state index is 0.981. The Morgan fingerprint density at radius 1 is 1.32 bits per heavy atom. The monoisotopic (exact) mass is 257 g/mol. The highest BCUT2D eigenvalue weighted by Crippen LogP contribution is 2.15. The van der Waals surface area contributed by atoms with Gasteiger partial charge in [-0.3, -0.25) is 4.98 Å².